The molecule has 0 N–H and O–H groups in total. The summed E-state index contributed by atoms with van der Waals surface area (Å²) >= 11 is 0. The Labute approximate surface area is 346 Å². The van der Waals surface area contributed by atoms with Gasteiger partial charge < -0.3 is 18.9 Å². The summed E-state index contributed by atoms with van der Waals surface area (Å²) in [7, 11) is 0. The average Bonchev–Trinajstić information content (AvgIpc) is 3.07. The molecule has 57 heavy (non-hydrogen) atoms. The molecular weight excluding hydrogens is 717 g/mol. The molecule has 0 aliphatic rings. The molecule has 0 fully saturated rings. The van der Waals surface area contributed by atoms with Crippen LogP contribution in [0.3, 0.4) is 0 Å². The number of esters is 4. The van der Waals surface area contributed by atoms with Crippen LogP contribution in [-0.2, 0) is 38.1 Å². The van der Waals surface area contributed by atoms with Crippen molar-refractivity contribution in [2.75, 3.05) is 0 Å². The highest BCUT2D eigenvalue weighted by molar-refractivity contribution is 5.75. The third-order valence-corrected chi connectivity index (χ3v) is 8.69. The highest BCUT2D eigenvalue weighted by atomic mass is 17.0. The van der Waals surface area contributed by atoms with Gasteiger partial charge in [-0.2, -0.15) is 0 Å². The first-order valence-corrected chi connectivity index (χ1v) is 20.9. The van der Waals surface area contributed by atoms with Gasteiger partial charge in [0.2, 0.25) is 0 Å². The maximum absolute atomic E-state index is 13.4. The standard InChI is InChI=1S/C49H76O8/c1-37(2)21-13-25-41(9)29-17-33-45(50)54-49(55-46(51)34-18-30-42(10)26-14-22-38(3)4,56-47(52)35-19-31-43(11)27-15-23-39(5)6)57-48(53)36-20-32-44(12)28-16-24-40(7)8/h21-24,29-32H,13-20,25-28,33-36H2,1-12H3/b41-29+,42-30+,43-31+,44-32+. The van der Waals surface area contributed by atoms with Crippen molar-refractivity contribution in [3.63, 3.8) is 0 Å². The molecule has 0 spiro atoms. The molecule has 0 bridgehead atoms. The van der Waals surface area contributed by atoms with E-state index in [4.69, 9.17) is 18.9 Å². The fraction of sp³-hybridized carbons (Fsp3) is 0.592. The van der Waals surface area contributed by atoms with Gasteiger partial charge in [-0.1, -0.05) is 93.2 Å². The second-order valence-electron chi connectivity index (χ2n) is 16.0. The summed E-state index contributed by atoms with van der Waals surface area (Å²) in [6, 6.07) is 0. The van der Waals surface area contributed by atoms with Crippen molar-refractivity contribution in [1.29, 1.82) is 0 Å². The van der Waals surface area contributed by atoms with Crippen molar-refractivity contribution in [2.45, 2.75) is 192 Å². The zero-order valence-electron chi connectivity index (χ0n) is 37.7. The SMILES string of the molecule is CC(C)=CCC/C(C)=C/CCC(=O)OC(OC(=O)CC/C=C(\C)CCC=C(C)C)(OC(=O)CC/C=C(\C)CCC=C(C)C)OC(=O)CC/C=C(\C)CCC=C(C)C. The Bertz CT molecular complexity index is 1280. The minimum atomic E-state index is -3.00. The van der Waals surface area contributed by atoms with Crippen LogP contribution in [0.5, 0.6) is 0 Å². The second-order valence-corrected chi connectivity index (χ2v) is 16.0. The van der Waals surface area contributed by atoms with Crippen molar-refractivity contribution in [3.8, 4) is 0 Å². The van der Waals surface area contributed by atoms with E-state index in [9.17, 15) is 19.2 Å². The Balaban J connectivity index is 6.36. The first-order chi connectivity index (χ1) is 26.8. The van der Waals surface area contributed by atoms with Gasteiger partial charge in [0.05, 0.1) is 0 Å². The van der Waals surface area contributed by atoms with Crippen LogP contribution < -0.4 is 0 Å². The average molecular weight is 793 g/mol. The highest BCUT2D eigenvalue weighted by Gasteiger charge is 2.49. The lowest BCUT2D eigenvalue weighted by Crippen LogP contribution is -2.48. The van der Waals surface area contributed by atoms with E-state index in [1.165, 1.54) is 22.3 Å². The van der Waals surface area contributed by atoms with Gasteiger partial charge >= 0.3 is 30.0 Å². The van der Waals surface area contributed by atoms with Gasteiger partial charge in [-0.25, -0.2) is 0 Å². The van der Waals surface area contributed by atoms with Crippen molar-refractivity contribution < 1.29 is 38.1 Å². The van der Waals surface area contributed by atoms with E-state index in [-0.39, 0.29) is 25.7 Å². The van der Waals surface area contributed by atoms with Gasteiger partial charge in [0.1, 0.15) is 0 Å². The van der Waals surface area contributed by atoms with Crippen LogP contribution >= 0.6 is 0 Å². The molecule has 0 unspecified atom stereocenters. The monoisotopic (exact) mass is 793 g/mol. The molecule has 0 saturated carbocycles. The first kappa shape index (κ1) is 52.8. The van der Waals surface area contributed by atoms with E-state index >= 15 is 0 Å². The summed E-state index contributed by atoms with van der Waals surface area (Å²) < 4.78 is 22.3. The summed E-state index contributed by atoms with van der Waals surface area (Å²) in [6.45, 7) is 24.4. The molecule has 0 aliphatic carbocycles. The van der Waals surface area contributed by atoms with E-state index in [0.717, 1.165) is 73.7 Å². The Kier molecular flexibility index (Phi) is 28.6. The number of rotatable bonds is 28. The molecule has 0 radical (unpaired) electrons. The van der Waals surface area contributed by atoms with Gasteiger partial charge in [-0.15, -0.1) is 0 Å². The Morgan fingerprint density at radius 2 is 0.474 bits per heavy atom. The van der Waals surface area contributed by atoms with Crippen LogP contribution in [0.25, 0.3) is 0 Å². The van der Waals surface area contributed by atoms with Crippen molar-refractivity contribution in [3.05, 3.63) is 93.2 Å². The predicted octanol–water partition coefficient (Wildman–Crippen LogP) is 13.7. The molecule has 0 saturated heterocycles. The lowest BCUT2D eigenvalue weighted by Gasteiger charge is -2.29. The zero-order chi connectivity index (χ0) is 43.2. The molecule has 8 heteroatoms. The minimum absolute atomic E-state index is 0.122. The van der Waals surface area contributed by atoms with Gasteiger partial charge in [0.25, 0.3) is 0 Å². The van der Waals surface area contributed by atoms with Gasteiger partial charge in [-0.05, 0) is 160 Å². The van der Waals surface area contributed by atoms with Gasteiger partial charge in [-0.3, -0.25) is 19.2 Å². The van der Waals surface area contributed by atoms with Crippen LogP contribution in [0.2, 0.25) is 0 Å². The van der Waals surface area contributed by atoms with Crippen LogP contribution in [0, 0.1) is 0 Å². The van der Waals surface area contributed by atoms with E-state index in [2.05, 4.69) is 79.7 Å². The van der Waals surface area contributed by atoms with Crippen molar-refractivity contribution >= 4 is 23.9 Å². The van der Waals surface area contributed by atoms with Gasteiger partial charge in [0, 0.05) is 25.7 Å². The van der Waals surface area contributed by atoms with Crippen LogP contribution in [0.1, 0.15) is 186 Å². The number of hydrogen-bond acceptors (Lipinski definition) is 8. The van der Waals surface area contributed by atoms with Crippen LogP contribution in [0.4, 0.5) is 0 Å². The van der Waals surface area contributed by atoms with Crippen molar-refractivity contribution in [2.24, 2.45) is 0 Å². The number of allylic oxidation sites excluding steroid dienone is 16. The molecule has 0 atom stereocenters. The Morgan fingerprint density at radius 3 is 0.649 bits per heavy atom. The first-order valence-electron chi connectivity index (χ1n) is 20.9. The van der Waals surface area contributed by atoms with Crippen LogP contribution in [0.15, 0.2) is 93.2 Å². The van der Waals surface area contributed by atoms with E-state index in [0.29, 0.717) is 25.7 Å². The molecule has 0 rings (SSSR count). The number of carbonyl (C=O) groups excluding carboxylic acids is 4. The molecule has 0 aromatic rings. The molecular formula is C49H76O8. The topological polar surface area (TPSA) is 105 Å². The molecule has 320 valence electrons. The summed E-state index contributed by atoms with van der Waals surface area (Å²) in [5.41, 5.74) is 9.38. The molecule has 0 aromatic heterocycles. The largest absolute Gasteiger partial charge is 0.619 e. The van der Waals surface area contributed by atoms with E-state index < -0.39 is 30.0 Å². The van der Waals surface area contributed by atoms with E-state index in [1.54, 1.807) is 0 Å². The summed E-state index contributed by atoms with van der Waals surface area (Å²) in [5, 5.41) is 0. The normalized spacial score (nSPS) is 12.3. The molecule has 8 nitrogen and oxygen atoms in total. The fourth-order valence-corrected chi connectivity index (χ4v) is 5.39. The Morgan fingerprint density at radius 1 is 0.298 bits per heavy atom. The minimum Gasteiger partial charge on any atom is -0.352 e. The molecule has 0 heterocycles. The lowest BCUT2D eigenvalue weighted by molar-refractivity contribution is -0.432. The number of carbonyl (C=O) groups is 4. The fourth-order valence-electron chi connectivity index (χ4n) is 5.39. The summed E-state index contributed by atoms with van der Waals surface area (Å²) in [6.07, 6.45) is 21.1. The summed E-state index contributed by atoms with van der Waals surface area (Å²) in [4.78, 5) is 53.5. The van der Waals surface area contributed by atoms with Gasteiger partial charge in [0.15, 0.2) is 0 Å². The Hall–Kier alpha value is -4.20. The maximum atomic E-state index is 13.4. The van der Waals surface area contributed by atoms with Crippen LogP contribution in [-0.4, -0.2) is 30.0 Å². The lowest BCUT2D eigenvalue weighted by atomic mass is 10.1. The molecule has 0 aromatic carbocycles. The third-order valence-electron chi connectivity index (χ3n) is 8.69. The maximum Gasteiger partial charge on any atom is 0.619 e. The highest BCUT2D eigenvalue weighted by Crippen LogP contribution is 2.25. The van der Waals surface area contributed by atoms with Crippen molar-refractivity contribution in [1.82, 2.24) is 0 Å². The quantitative estimate of drug-likeness (QED) is 0.0438. The molecule has 0 amide bonds. The number of hydrogen-bond donors (Lipinski definition) is 0. The zero-order valence-corrected chi connectivity index (χ0v) is 37.7. The summed E-state index contributed by atoms with van der Waals surface area (Å²) in [5.74, 6) is -3.40. The number of ether oxygens (including phenoxy) is 4. The smallest absolute Gasteiger partial charge is 0.352 e. The predicted molar refractivity (Wildman–Crippen MR) is 234 cm³/mol. The third kappa shape index (κ3) is 31.6. The van der Waals surface area contributed by atoms with E-state index in [1.807, 2.05) is 52.0 Å². The molecule has 0 aliphatic heterocycles. The second kappa shape index (κ2) is 30.9.